The Morgan fingerprint density at radius 1 is 1.25 bits per heavy atom. The molecule has 9 heteroatoms. The van der Waals surface area contributed by atoms with Gasteiger partial charge in [-0.15, -0.1) is 10.2 Å². The number of aryl methyl sites for hydroxylation is 3. The van der Waals surface area contributed by atoms with Gasteiger partial charge in [-0.25, -0.2) is 4.79 Å². The number of hydrogen-bond acceptors (Lipinski definition) is 6. The summed E-state index contributed by atoms with van der Waals surface area (Å²) in [7, 11) is 1.54. The largest absolute Gasteiger partial charge is 0.495 e. The molecule has 2 heterocycles. The topological polar surface area (TPSA) is 107 Å². The summed E-state index contributed by atoms with van der Waals surface area (Å²) in [4.78, 5) is 12.4. The highest BCUT2D eigenvalue weighted by Crippen LogP contribution is 2.30. The van der Waals surface area contributed by atoms with Gasteiger partial charge in [0.25, 0.3) is 0 Å². The summed E-state index contributed by atoms with van der Waals surface area (Å²) in [6.45, 7) is 8.86. The first-order valence-electron chi connectivity index (χ1n) is 8.99. The zero-order valence-electron chi connectivity index (χ0n) is 16.7. The number of ether oxygens (including phenoxy) is 1. The Hall–Kier alpha value is -3.36. The van der Waals surface area contributed by atoms with E-state index in [2.05, 4.69) is 25.9 Å². The van der Waals surface area contributed by atoms with Crippen molar-refractivity contribution in [2.45, 2.75) is 40.8 Å². The summed E-state index contributed by atoms with van der Waals surface area (Å²) in [5.74, 6) is 1.37. The molecule has 148 valence electrons. The quantitative estimate of drug-likeness (QED) is 0.676. The zero-order chi connectivity index (χ0) is 20.3. The normalized spacial score (nSPS) is 10.8. The van der Waals surface area contributed by atoms with E-state index in [4.69, 9.17) is 9.15 Å². The SMILES string of the molecule is CCn1nc(C)c(CNC(=O)Nc2cc(-c3nnc(C)o3)ccc2OC)c1C. The molecule has 0 saturated carbocycles. The molecule has 0 radical (unpaired) electrons. The minimum absolute atomic E-state index is 0.347. The molecule has 3 rings (SSSR count). The zero-order valence-corrected chi connectivity index (χ0v) is 16.7. The van der Waals surface area contributed by atoms with E-state index in [-0.39, 0.29) is 6.03 Å². The van der Waals surface area contributed by atoms with E-state index in [1.807, 2.05) is 25.5 Å². The fraction of sp³-hybridized carbons (Fsp3) is 0.368. The molecule has 0 unspecified atom stereocenters. The predicted molar refractivity (Wildman–Crippen MR) is 104 cm³/mol. The lowest BCUT2D eigenvalue weighted by molar-refractivity contribution is 0.251. The smallest absolute Gasteiger partial charge is 0.319 e. The molecule has 0 aliphatic heterocycles. The number of aromatic nitrogens is 4. The van der Waals surface area contributed by atoms with Crippen LogP contribution in [0, 0.1) is 20.8 Å². The van der Waals surface area contributed by atoms with Crippen LogP contribution in [0.4, 0.5) is 10.5 Å². The van der Waals surface area contributed by atoms with Crippen LogP contribution in [0.2, 0.25) is 0 Å². The van der Waals surface area contributed by atoms with Crippen LogP contribution in [0.15, 0.2) is 22.6 Å². The van der Waals surface area contributed by atoms with E-state index >= 15 is 0 Å². The summed E-state index contributed by atoms with van der Waals surface area (Å²) < 4.78 is 12.7. The number of rotatable bonds is 6. The molecule has 0 fully saturated rings. The second-order valence-corrected chi connectivity index (χ2v) is 6.31. The maximum Gasteiger partial charge on any atom is 0.319 e. The number of urea groups is 1. The Bertz CT molecular complexity index is 992. The van der Waals surface area contributed by atoms with Gasteiger partial charge in [-0.2, -0.15) is 5.10 Å². The van der Waals surface area contributed by atoms with Gasteiger partial charge in [-0.3, -0.25) is 4.68 Å². The molecule has 28 heavy (non-hydrogen) atoms. The van der Waals surface area contributed by atoms with E-state index in [9.17, 15) is 4.79 Å². The second-order valence-electron chi connectivity index (χ2n) is 6.31. The highest BCUT2D eigenvalue weighted by atomic mass is 16.5. The summed E-state index contributed by atoms with van der Waals surface area (Å²) in [6.07, 6.45) is 0. The molecule has 0 aliphatic rings. The maximum atomic E-state index is 12.4. The number of hydrogen-bond donors (Lipinski definition) is 2. The van der Waals surface area contributed by atoms with Crippen molar-refractivity contribution in [1.29, 1.82) is 0 Å². The van der Waals surface area contributed by atoms with Crippen molar-refractivity contribution in [3.63, 3.8) is 0 Å². The second kappa shape index (κ2) is 8.12. The Labute approximate surface area is 163 Å². The van der Waals surface area contributed by atoms with Gasteiger partial charge >= 0.3 is 6.03 Å². The monoisotopic (exact) mass is 384 g/mol. The van der Waals surface area contributed by atoms with Crippen molar-refractivity contribution < 1.29 is 13.9 Å². The summed E-state index contributed by atoms with van der Waals surface area (Å²) in [6, 6.07) is 4.92. The van der Waals surface area contributed by atoms with E-state index in [1.165, 1.54) is 0 Å². The highest BCUT2D eigenvalue weighted by Gasteiger charge is 2.14. The van der Waals surface area contributed by atoms with Gasteiger partial charge in [0, 0.05) is 36.8 Å². The Balaban J connectivity index is 1.73. The number of carbonyl (C=O) groups is 1. The van der Waals surface area contributed by atoms with Crippen LogP contribution in [-0.4, -0.2) is 33.1 Å². The third-order valence-corrected chi connectivity index (χ3v) is 4.48. The van der Waals surface area contributed by atoms with E-state index in [0.29, 0.717) is 35.3 Å². The molecule has 2 amide bonds. The van der Waals surface area contributed by atoms with E-state index in [1.54, 1.807) is 32.2 Å². The first kappa shape index (κ1) is 19.4. The van der Waals surface area contributed by atoms with Crippen molar-refractivity contribution in [3.05, 3.63) is 41.0 Å². The summed E-state index contributed by atoms with van der Waals surface area (Å²) in [5, 5.41) is 18.0. The van der Waals surface area contributed by atoms with Crippen molar-refractivity contribution in [2.24, 2.45) is 0 Å². The fourth-order valence-corrected chi connectivity index (χ4v) is 2.98. The molecule has 2 aromatic heterocycles. The van der Waals surface area contributed by atoms with Crippen molar-refractivity contribution in [1.82, 2.24) is 25.3 Å². The van der Waals surface area contributed by atoms with Gasteiger partial charge in [-0.1, -0.05) is 0 Å². The van der Waals surface area contributed by atoms with Gasteiger partial charge in [0.15, 0.2) is 0 Å². The first-order valence-corrected chi connectivity index (χ1v) is 8.99. The van der Waals surface area contributed by atoms with E-state index < -0.39 is 0 Å². The van der Waals surface area contributed by atoms with Gasteiger partial charge in [0.1, 0.15) is 5.75 Å². The predicted octanol–water partition coefficient (Wildman–Crippen LogP) is 3.21. The Morgan fingerprint density at radius 3 is 2.64 bits per heavy atom. The van der Waals surface area contributed by atoms with Gasteiger partial charge in [-0.05, 0) is 39.0 Å². The van der Waals surface area contributed by atoms with Crippen molar-refractivity contribution in [2.75, 3.05) is 12.4 Å². The number of methoxy groups -OCH3 is 1. The highest BCUT2D eigenvalue weighted by molar-refractivity contribution is 5.91. The lowest BCUT2D eigenvalue weighted by Crippen LogP contribution is -2.28. The number of benzene rings is 1. The summed E-state index contributed by atoms with van der Waals surface area (Å²) in [5.41, 5.74) is 4.16. The molecule has 0 aliphatic carbocycles. The minimum Gasteiger partial charge on any atom is -0.495 e. The third-order valence-electron chi connectivity index (χ3n) is 4.48. The number of anilines is 1. The molecule has 0 saturated heterocycles. The Kier molecular flexibility index (Phi) is 5.62. The average Bonchev–Trinajstić information content (AvgIpc) is 3.23. The molecular formula is C19H24N6O3. The van der Waals surface area contributed by atoms with E-state index in [0.717, 1.165) is 23.5 Å². The van der Waals surface area contributed by atoms with Crippen LogP contribution in [0.5, 0.6) is 5.75 Å². The minimum atomic E-state index is -0.347. The lowest BCUT2D eigenvalue weighted by atomic mass is 10.2. The molecule has 0 bridgehead atoms. The first-order chi connectivity index (χ1) is 13.4. The van der Waals surface area contributed by atoms with Gasteiger partial charge < -0.3 is 19.8 Å². The van der Waals surface area contributed by atoms with Crippen LogP contribution in [-0.2, 0) is 13.1 Å². The van der Waals surface area contributed by atoms with Crippen LogP contribution in [0.1, 0.15) is 29.8 Å². The summed E-state index contributed by atoms with van der Waals surface area (Å²) >= 11 is 0. The molecular weight excluding hydrogens is 360 g/mol. The molecule has 9 nitrogen and oxygen atoms in total. The molecule has 3 aromatic rings. The van der Waals surface area contributed by atoms with Crippen LogP contribution in [0.25, 0.3) is 11.5 Å². The lowest BCUT2D eigenvalue weighted by Gasteiger charge is -2.12. The fourth-order valence-electron chi connectivity index (χ4n) is 2.98. The number of nitrogens with zero attached hydrogens (tertiary/aromatic N) is 4. The van der Waals surface area contributed by atoms with Gasteiger partial charge in [0.2, 0.25) is 11.8 Å². The van der Waals surface area contributed by atoms with Crippen molar-refractivity contribution in [3.8, 4) is 17.2 Å². The molecule has 2 N–H and O–H groups in total. The average molecular weight is 384 g/mol. The molecule has 1 aromatic carbocycles. The number of nitrogens with one attached hydrogen (secondary N) is 2. The number of amides is 2. The van der Waals surface area contributed by atoms with Gasteiger partial charge in [0.05, 0.1) is 18.5 Å². The standard InChI is InChI=1S/C19H24N6O3/c1-6-25-12(3)15(11(2)24-25)10-20-19(26)21-16-9-14(7-8-17(16)27-5)18-23-22-13(4)28-18/h7-9H,6,10H2,1-5H3,(H2,20,21,26). The number of carbonyl (C=O) groups excluding carboxylic acids is 1. The maximum absolute atomic E-state index is 12.4. The van der Waals surface area contributed by atoms with Crippen LogP contribution in [0.3, 0.4) is 0 Å². The van der Waals surface area contributed by atoms with Crippen LogP contribution < -0.4 is 15.4 Å². The van der Waals surface area contributed by atoms with Crippen LogP contribution >= 0.6 is 0 Å². The molecule has 0 atom stereocenters. The van der Waals surface area contributed by atoms with Crippen molar-refractivity contribution >= 4 is 11.7 Å². The third kappa shape index (κ3) is 3.98. The molecule has 0 spiro atoms. The Morgan fingerprint density at radius 2 is 2.04 bits per heavy atom.